The third-order valence-electron chi connectivity index (χ3n) is 3.91. The van der Waals surface area contributed by atoms with E-state index in [0.717, 1.165) is 16.8 Å². The molecule has 0 unspecified atom stereocenters. The van der Waals surface area contributed by atoms with Gasteiger partial charge >= 0.3 is 0 Å². The third kappa shape index (κ3) is 5.32. The van der Waals surface area contributed by atoms with Crippen LogP contribution in [0.5, 0.6) is 0 Å². The van der Waals surface area contributed by atoms with Gasteiger partial charge in [-0.3, -0.25) is 0 Å². The Labute approximate surface area is 149 Å². The van der Waals surface area contributed by atoms with E-state index in [-0.39, 0.29) is 0 Å². The molecular weight excluding hydrogens is 334 g/mol. The van der Waals surface area contributed by atoms with Crippen LogP contribution in [0, 0.1) is 6.92 Å². The quantitative estimate of drug-likeness (QED) is 0.632. The second-order valence-corrected chi connectivity index (χ2v) is 8.46. The molecule has 134 valence electrons. The third-order valence-corrected chi connectivity index (χ3v) is 5.15. The predicted molar refractivity (Wildman–Crippen MR) is 104 cm³/mol. The molecule has 0 aromatic heterocycles. The molecule has 0 spiro atoms. The van der Waals surface area contributed by atoms with Crippen molar-refractivity contribution in [2.45, 2.75) is 38.1 Å². The topological polar surface area (TPSA) is 84.5 Å². The number of sulfone groups is 1. The molecule has 25 heavy (non-hydrogen) atoms. The average molecular weight is 359 g/mol. The van der Waals surface area contributed by atoms with Crippen molar-refractivity contribution in [2.75, 3.05) is 11.6 Å². The van der Waals surface area contributed by atoms with Crippen molar-refractivity contribution >= 4 is 21.5 Å². The summed E-state index contributed by atoms with van der Waals surface area (Å²) in [5.41, 5.74) is 9.58. The molecular formula is C19H25N3O2S. The van der Waals surface area contributed by atoms with Gasteiger partial charge in [-0.1, -0.05) is 38.1 Å². The zero-order valence-corrected chi connectivity index (χ0v) is 15.9. The van der Waals surface area contributed by atoms with E-state index in [1.807, 2.05) is 24.3 Å². The van der Waals surface area contributed by atoms with Crippen LogP contribution < -0.4 is 11.1 Å². The molecule has 6 heteroatoms. The molecule has 2 aromatic rings. The molecule has 0 heterocycles. The van der Waals surface area contributed by atoms with Crippen molar-refractivity contribution in [2.24, 2.45) is 10.7 Å². The highest BCUT2D eigenvalue weighted by Gasteiger charge is 2.11. The van der Waals surface area contributed by atoms with Crippen molar-refractivity contribution in [1.82, 2.24) is 0 Å². The van der Waals surface area contributed by atoms with Gasteiger partial charge in [-0.2, -0.15) is 0 Å². The van der Waals surface area contributed by atoms with E-state index < -0.39 is 9.84 Å². The summed E-state index contributed by atoms with van der Waals surface area (Å²) in [7, 11) is -3.25. The molecule has 0 atom stereocenters. The van der Waals surface area contributed by atoms with Crippen LogP contribution in [-0.4, -0.2) is 20.6 Å². The highest BCUT2D eigenvalue weighted by molar-refractivity contribution is 7.90. The first-order valence-corrected chi connectivity index (χ1v) is 10.0. The second-order valence-electron chi connectivity index (χ2n) is 6.48. The van der Waals surface area contributed by atoms with Crippen molar-refractivity contribution in [1.29, 1.82) is 0 Å². The molecule has 2 aromatic carbocycles. The Bertz CT molecular complexity index is 887. The van der Waals surface area contributed by atoms with E-state index in [0.29, 0.717) is 23.3 Å². The number of hydrogen-bond acceptors (Lipinski definition) is 3. The Morgan fingerprint density at radius 2 is 1.92 bits per heavy atom. The molecule has 0 aliphatic heterocycles. The van der Waals surface area contributed by atoms with Gasteiger partial charge in [-0.15, -0.1) is 0 Å². The van der Waals surface area contributed by atoms with Crippen LogP contribution in [0.4, 0.5) is 5.69 Å². The van der Waals surface area contributed by atoms with E-state index in [2.05, 4.69) is 30.2 Å². The normalized spacial score (nSPS) is 12.4. The number of nitrogens with zero attached hydrogens (tertiary/aromatic N) is 1. The van der Waals surface area contributed by atoms with Gasteiger partial charge in [0.2, 0.25) is 0 Å². The Kier molecular flexibility index (Phi) is 5.85. The molecule has 2 rings (SSSR count). The minimum atomic E-state index is -3.25. The van der Waals surface area contributed by atoms with Crippen LogP contribution in [0.2, 0.25) is 0 Å². The van der Waals surface area contributed by atoms with E-state index in [9.17, 15) is 8.42 Å². The fraction of sp³-hybridized carbons (Fsp3) is 0.316. The van der Waals surface area contributed by atoms with E-state index in [1.165, 1.54) is 11.8 Å². The van der Waals surface area contributed by atoms with Gasteiger partial charge in [0.05, 0.1) is 11.4 Å². The van der Waals surface area contributed by atoms with Gasteiger partial charge in [0, 0.05) is 11.9 Å². The fourth-order valence-electron chi connectivity index (χ4n) is 2.48. The molecule has 0 saturated carbocycles. The van der Waals surface area contributed by atoms with Crippen LogP contribution in [0.15, 0.2) is 52.4 Å². The molecule has 0 amide bonds. The fourth-order valence-corrected chi connectivity index (χ4v) is 3.50. The van der Waals surface area contributed by atoms with E-state index in [4.69, 9.17) is 5.73 Å². The zero-order valence-electron chi connectivity index (χ0n) is 15.1. The number of hydrogen-bond donors (Lipinski definition) is 2. The van der Waals surface area contributed by atoms with Gasteiger partial charge < -0.3 is 11.1 Å². The second kappa shape index (κ2) is 7.70. The lowest BCUT2D eigenvalue weighted by Gasteiger charge is -2.10. The zero-order chi connectivity index (χ0) is 18.6. The summed E-state index contributed by atoms with van der Waals surface area (Å²) in [6, 6.07) is 13.3. The van der Waals surface area contributed by atoms with E-state index in [1.54, 1.807) is 19.1 Å². The Morgan fingerprint density at radius 1 is 1.20 bits per heavy atom. The maximum atomic E-state index is 11.8. The van der Waals surface area contributed by atoms with E-state index >= 15 is 0 Å². The summed E-state index contributed by atoms with van der Waals surface area (Å²) >= 11 is 0. The van der Waals surface area contributed by atoms with Gasteiger partial charge in [0.1, 0.15) is 0 Å². The van der Waals surface area contributed by atoms with Gasteiger partial charge in [0.25, 0.3) is 0 Å². The summed E-state index contributed by atoms with van der Waals surface area (Å²) in [4.78, 5) is 4.64. The monoisotopic (exact) mass is 359 g/mol. The standard InChI is InChI=1S/C19H25N3O2S/c1-13(2)16-6-5-7-17(11-16)22-19(20)21-12-15-9-8-14(3)18(10-15)25(4,23)24/h5-11,13H,12H2,1-4H3,(H3,20,21,22). The summed E-state index contributed by atoms with van der Waals surface area (Å²) in [5, 5.41) is 3.07. The lowest BCUT2D eigenvalue weighted by Crippen LogP contribution is -2.22. The largest absolute Gasteiger partial charge is 0.370 e. The number of guanidine groups is 1. The SMILES string of the molecule is Cc1ccc(CN=C(N)Nc2cccc(C(C)C)c2)cc1S(C)(=O)=O. The minimum absolute atomic E-state index is 0.294. The van der Waals surface area contributed by atoms with Crippen molar-refractivity contribution in [3.63, 3.8) is 0 Å². The molecule has 0 saturated heterocycles. The lowest BCUT2D eigenvalue weighted by molar-refractivity contribution is 0.601. The number of nitrogens with two attached hydrogens (primary N) is 1. The lowest BCUT2D eigenvalue weighted by atomic mass is 10.0. The maximum Gasteiger partial charge on any atom is 0.193 e. The smallest absolute Gasteiger partial charge is 0.193 e. The summed E-state index contributed by atoms with van der Waals surface area (Å²) in [6.45, 7) is 6.35. The number of aliphatic imine (C=N–C) groups is 1. The highest BCUT2D eigenvalue weighted by Crippen LogP contribution is 2.19. The molecule has 0 bridgehead atoms. The van der Waals surface area contributed by atoms with Gasteiger partial charge in [-0.05, 0) is 47.7 Å². The number of nitrogens with one attached hydrogen (secondary N) is 1. The van der Waals surface area contributed by atoms with Crippen molar-refractivity contribution in [3.05, 3.63) is 59.2 Å². The highest BCUT2D eigenvalue weighted by atomic mass is 32.2. The number of benzene rings is 2. The molecule has 0 aliphatic carbocycles. The molecule has 0 fully saturated rings. The summed E-state index contributed by atoms with van der Waals surface area (Å²) in [5.74, 6) is 0.726. The summed E-state index contributed by atoms with van der Waals surface area (Å²) in [6.07, 6.45) is 1.21. The van der Waals surface area contributed by atoms with Crippen LogP contribution in [0.25, 0.3) is 0 Å². The Morgan fingerprint density at radius 3 is 2.56 bits per heavy atom. The van der Waals surface area contributed by atoms with Crippen molar-refractivity contribution < 1.29 is 8.42 Å². The van der Waals surface area contributed by atoms with Gasteiger partial charge in [0.15, 0.2) is 15.8 Å². The number of aryl methyl sites for hydroxylation is 1. The van der Waals surface area contributed by atoms with Crippen LogP contribution in [0.1, 0.15) is 36.5 Å². The molecule has 3 N–H and O–H groups in total. The molecule has 5 nitrogen and oxygen atoms in total. The van der Waals surface area contributed by atoms with Crippen LogP contribution >= 0.6 is 0 Å². The average Bonchev–Trinajstić information content (AvgIpc) is 2.53. The maximum absolute atomic E-state index is 11.8. The van der Waals surface area contributed by atoms with Gasteiger partial charge in [-0.25, -0.2) is 13.4 Å². The van der Waals surface area contributed by atoms with Crippen LogP contribution in [-0.2, 0) is 16.4 Å². The number of anilines is 1. The first kappa shape index (κ1) is 19.0. The Balaban J connectivity index is 2.13. The Hall–Kier alpha value is -2.34. The summed E-state index contributed by atoms with van der Waals surface area (Å²) < 4.78 is 23.6. The van der Waals surface area contributed by atoms with Crippen molar-refractivity contribution in [3.8, 4) is 0 Å². The first-order valence-electron chi connectivity index (χ1n) is 8.13. The minimum Gasteiger partial charge on any atom is -0.370 e. The molecule has 0 aliphatic rings. The molecule has 0 radical (unpaired) electrons. The van der Waals surface area contributed by atoms with Crippen LogP contribution in [0.3, 0.4) is 0 Å². The number of rotatable bonds is 5. The predicted octanol–water partition coefficient (Wildman–Crippen LogP) is 3.45. The first-order chi connectivity index (χ1) is 11.7.